The predicted octanol–water partition coefficient (Wildman–Crippen LogP) is 4.86. The Labute approximate surface area is 249 Å². The zero-order chi connectivity index (χ0) is 32.4. The van der Waals surface area contributed by atoms with Gasteiger partial charge >= 0.3 is 12.1 Å². The van der Waals surface area contributed by atoms with Crippen molar-refractivity contribution in [2.75, 3.05) is 38.4 Å². The molecular weight excluding hydrogens is 585 g/mol. The lowest BCUT2D eigenvalue weighted by Gasteiger charge is -2.16. The van der Waals surface area contributed by atoms with E-state index in [1.54, 1.807) is 18.2 Å². The molecule has 5 N–H and O–H groups in total. The minimum Gasteiger partial charge on any atom is -0.506 e. The van der Waals surface area contributed by atoms with Gasteiger partial charge in [-0.3, -0.25) is 14.6 Å². The van der Waals surface area contributed by atoms with Gasteiger partial charge in [-0.2, -0.15) is 13.2 Å². The number of phenols is 1. The van der Waals surface area contributed by atoms with E-state index >= 15 is 0 Å². The third-order valence-corrected chi connectivity index (χ3v) is 6.09. The van der Waals surface area contributed by atoms with Crippen molar-refractivity contribution < 1.29 is 47.2 Å². The summed E-state index contributed by atoms with van der Waals surface area (Å²) in [6.45, 7) is 0.855. The second kappa shape index (κ2) is 14.7. The van der Waals surface area contributed by atoms with Gasteiger partial charge in [0.1, 0.15) is 11.3 Å². The number of pyridine rings is 1. The fraction of sp³-hybridized carbons (Fsp3) is 0.200. The molecule has 0 spiro atoms. The number of rotatable bonds is 9. The van der Waals surface area contributed by atoms with Crippen molar-refractivity contribution in [3.63, 3.8) is 0 Å². The molecule has 232 valence electrons. The maximum absolute atomic E-state index is 13.3. The number of ether oxygens (including phenoxy) is 2. The summed E-state index contributed by atoms with van der Waals surface area (Å²) in [5.74, 6) is -2.94. The molecule has 0 aliphatic carbocycles. The van der Waals surface area contributed by atoms with E-state index in [9.17, 15) is 27.9 Å². The number of aromatic hydroxyl groups is 1. The molecule has 4 rings (SSSR count). The molecule has 2 amide bonds. The van der Waals surface area contributed by atoms with Gasteiger partial charge in [0.05, 0.1) is 31.0 Å². The Morgan fingerprint density at radius 2 is 1.55 bits per heavy atom. The number of aliphatic carboxylic acids is 1. The number of para-hydroxylation sites is 1. The van der Waals surface area contributed by atoms with Crippen molar-refractivity contribution in [1.29, 1.82) is 0 Å². The largest absolute Gasteiger partial charge is 0.506 e. The fourth-order valence-corrected chi connectivity index (χ4v) is 3.86. The lowest BCUT2D eigenvalue weighted by Crippen LogP contribution is -2.21. The maximum Gasteiger partial charge on any atom is 0.490 e. The second-order valence-electron chi connectivity index (χ2n) is 9.09. The molecule has 0 bridgehead atoms. The summed E-state index contributed by atoms with van der Waals surface area (Å²) in [4.78, 5) is 39.5. The van der Waals surface area contributed by atoms with Gasteiger partial charge in [0.15, 0.2) is 11.5 Å². The van der Waals surface area contributed by atoms with Crippen LogP contribution in [0.2, 0.25) is 0 Å². The Hall–Kier alpha value is -5.37. The average Bonchev–Trinajstić information content (AvgIpc) is 3.00. The summed E-state index contributed by atoms with van der Waals surface area (Å²) in [7, 11) is 4.84. The van der Waals surface area contributed by atoms with Crippen LogP contribution >= 0.6 is 0 Å². The molecule has 0 unspecified atom stereocenters. The highest BCUT2D eigenvalue weighted by Gasteiger charge is 2.38. The van der Waals surface area contributed by atoms with Crippen molar-refractivity contribution >= 4 is 40.1 Å². The van der Waals surface area contributed by atoms with E-state index in [0.29, 0.717) is 28.1 Å². The van der Waals surface area contributed by atoms with Crippen LogP contribution < -0.4 is 25.4 Å². The quantitative estimate of drug-likeness (QED) is 0.178. The van der Waals surface area contributed by atoms with Gasteiger partial charge < -0.3 is 35.6 Å². The van der Waals surface area contributed by atoms with Crippen LogP contribution in [0.5, 0.6) is 17.2 Å². The van der Waals surface area contributed by atoms with Crippen LogP contribution in [0.3, 0.4) is 0 Å². The summed E-state index contributed by atoms with van der Waals surface area (Å²) in [5.41, 5.74) is 2.84. The highest BCUT2D eigenvalue weighted by Crippen LogP contribution is 2.34. The number of likely N-dealkylation sites (N-methyl/N-ethyl adjacent to an activating group) is 1. The number of carbonyl (C=O) groups is 3. The molecule has 0 aliphatic heterocycles. The van der Waals surface area contributed by atoms with Gasteiger partial charge in [-0.25, -0.2) is 4.79 Å². The summed E-state index contributed by atoms with van der Waals surface area (Å²) in [6, 6.07) is 17.2. The fourth-order valence-electron chi connectivity index (χ4n) is 3.86. The third kappa shape index (κ3) is 8.58. The molecule has 0 aliphatic rings. The van der Waals surface area contributed by atoms with E-state index in [4.69, 9.17) is 19.4 Å². The number of amides is 2. The number of phenolic OH excluding ortho intramolecular Hbond substituents is 1. The number of fused-ring (bicyclic) bond motifs is 1. The molecule has 1 aromatic heterocycles. The first-order chi connectivity index (χ1) is 20.9. The summed E-state index contributed by atoms with van der Waals surface area (Å²) >= 11 is 0. The average molecular weight is 615 g/mol. The molecule has 0 saturated heterocycles. The lowest BCUT2D eigenvalue weighted by atomic mass is 10.1. The van der Waals surface area contributed by atoms with Crippen molar-refractivity contribution in [3.05, 3.63) is 83.6 Å². The van der Waals surface area contributed by atoms with Gasteiger partial charge in [0, 0.05) is 23.3 Å². The third-order valence-electron chi connectivity index (χ3n) is 6.09. The van der Waals surface area contributed by atoms with Crippen LogP contribution in [0.25, 0.3) is 10.9 Å². The van der Waals surface area contributed by atoms with Crippen LogP contribution in [0.15, 0.2) is 66.9 Å². The van der Waals surface area contributed by atoms with Gasteiger partial charge in [-0.15, -0.1) is 0 Å². The highest BCUT2D eigenvalue weighted by molar-refractivity contribution is 6.13. The first kappa shape index (κ1) is 33.1. The molecule has 0 radical (unpaired) electrons. The SMILES string of the molecule is CNCCc1ccc(NC(=O)c2cc(OC)c(OC)cc2NC(=O)c2cnc3c(O)cccc3c2)cc1.O=C(O)C(F)(F)F. The number of anilines is 2. The maximum atomic E-state index is 13.3. The number of carboxylic acids is 1. The number of halogens is 3. The molecule has 4 aromatic rings. The molecule has 14 heteroatoms. The Bertz CT molecular complexity index is 1640. The first-order valence-electron chi connectivity index (χ1n) is 12.9. The Kier molecular flexibility index (Phi) is 11.1. The number of benzene rings is 3. The predicted molar refractivity (Wildman–Crippen MR) is 157 cm³/mol. The van der Waals surface area contributed by atoms with E-state index in [2.05, 4.69) is 20.9 Å². The number of methoxy groups -OCH3 is 2. The topological polar surface area (TPSA) is 159 Å². The molecule has 44 heavy (non-hydrogen) atoms. The lowest BCUT2D eigenvalue weighted by molar-refractivity contribution is -0.192. The zero-order valence-corrected chi connectivity index (χ0v) is 23.8. The number of hydrogen-bond acceptors (Lipinski definition) is 8. The number of aromatic nitrogens is 1. The molecule has 0 fully saturated rings. The van der Waals surface area contributed by atoms with Crippen molar-refractivity contribution in [2.24, 2.45) is 0 Å². The summed E-state index contributed by atoms with van der Waals surface area (Å²) in [5, 5.41) is 26.5. The number of nitrogens with one attached hydrogen (secondary N) is 3. The number of carboxylic acid groups (broad SMARTS) is 1. The second-order valence-corrected chi connectivity index (χ2v) is 9.09. The normalized spacial score (nSPS) is 10.8. The van der Waals surface area contributed by atoms with Gasteiger partial charge in [-0.1, -0.05) is 24.3 Å². The van der Waals surface area contributed by atoms with Gasteiger partial charge in [-0.05, 0) is 55.9 Å². The molecule has 11 nitrogen and oxygen atoms in total. The monoisotopic (exact) mass is 614 g/mol. The van der Waals surface area contributed by atoms with Crippen LogP contribution in [-0.4, -0.2) is 67.0 Å². The number of carbonyl (C=O) groups excluding carboxylic acids is 2. The van der Waals surface area contributed by atoms with E-state index in [0.717, 1.165) is 18.5 Å². The molecule has 3 aromatic carbocycles. The van der Waals surface area contributed by atoms with Crippen LogP contribution in [0.4, 0.5) is 24.5 Å². The van der Waals surface area contributed by atoms with E-state index < -0.39 is 24.0 Å². The summed E-state index contributed by atoms with van der Waals surface area (Å²) in [6.07, 6.45) is -2.84. The van der Waals surface area contributed by atoms with E-state index in [-0.39, 0.29) is 22.6 Å². The van der Waals surface area contributed by atoms with E-state index in [1.165, 1.54) is 38.6 Å². The zero-order valence-electron chi connectivity index (χ0n) is 23.8. The minimum atomic E-state index is -5.08. The number of alkyl halides is 3. The Balaban J connectivity index is 0.000000676. The van der Waals surface area contributed by atoms with Gasteiger partial charge in [0.2, 0.25) is 0 Å². The van der Waals surface area contributed by atoms with Gasteiger partial charge in [0.25, 0.3) is 11.8 Å². The van der Waals surface area contributed by atoms with Crippen LogP contribution in [0, 0.1) is 0 Å². The number of nitrogens with zero attached hydrogens (tertiary/aromatic N) is 1. The van der Waals surface area contributed by atoms with Crippen molar-refractivity contribution in [1.82, 2.24) is 10.3 Å². The van der Waals surface area contributed by atoms with Crippen molar-refractivity contribution in [3.8, 4) is 17.2 Å². The highest BCUT2D eigenvalue weighted by atomic mass is 19.4. The van der Waals surface area contributed by atoms with Crippen LogP contribution in [0.1, 0.15) is 26.3 Å². The molecule has 1 heterocycles. The summed E-state index contributed by atoms with van der Waals surface area (Å²) < 4.78 is 42.5. The molecule has 0 saturated carbocycles. The minimum absolute atomic E-state index is 0.0263. The van der Waals surface area contributed by atoms with Crippen LogP contribution in [-0.2, 0) is 11.2 Å². The van der Waals surface area contributed by atoms with E-state index in [1.807, 2.05) is 31.3 Å². The Morgan fingerprint density at radius 3 is 2.14 bits per heavy atom. The number of hydrogen-bond donors (Lipinski definition) is 5. The standard InChI is InChI=1S/C28H28N4O5.C2HF3O2/c1-29-12-11-17-7-9-20(10-8-17)31-28(35)21-14-24(36-2)25(37-3)15-22(21)32-27(34)19-13-18-5-4-6-23(33)26(18)30-16-19;3-2(4,5)1(6)7/h4-10,13-16,29,33H,11-12H2,1-3H3,(H,31,35)(H,32,34);(H,6,7). The Morgan fingerprint density at radius 1 is 0.909 bits per heavy atom. The first-order valence-corrected chi connectivity index (χ1v) is 12.9. The molecule has 0 atom stereocenters. The van der Waals surface area contributed by atoms with Crippen molar-refractivity contribution in [2.45, 2.75) is 12.6 Å². The molecular formula is C30H29F3N4O7. The smallest absolute Gasteiger partial charge is 0.490 e.